The third-order valence-corrected chi connectivity index (χ3v) is 2.75. The third kappa shape index (κ3) is 2.12. The van der Waals surface area contributed by atoms with E-state index in [0.29, 0.717) is 18.5 Å². The van der Waals surface area contributed by atoms with Gasteiger partial charge in [0.1, 0.15) is 0 Å². The second kappa shape index (κ2) is 4.55. The van der Waals surface area contributed by atoms with Gasteiger partial charge in [-0.2, -0.15) is 0 Å². The minimum absolute atomic E-state index is 0.397. The van der Waals surface area contributed by atoms with Crippen LogP contribution < -0.4 is 5.73 Å². The molecule has 1 unspecified atom stereocenters. The first kappa shape index (κ1) is 11.2. The number of hydrogen-bond acceptors (Lipinski definition) is 3. The van der Waals surface area contributed by atoms with Crippen LogP contribution in [0.3, 0.4) is 0 Å². The molecule has 14 heavy (non-hydrogen) atoms. The predicted molar refractivity (Wildman–Crippen MR) is 57.1 cm³/mol. The molecular weight excluding hydrogens is 176 g/mol. The summed E-state index contributed by atoms with van der Waals surface area (Å²) in [6.45, 7) is 9.24. The molecular formula is C10H20N4. The van der Waals surface area contributed by atoms with Crippen LogP contribution in [0.4, 0.5) is 0 Å². The number of rotatable bonds is 4. The average Bonchev–Trinajstić information content (AvgIpc) is 2.48. The van der Waals surface area contributed by atoms with Crippen molar-refractivity contribution < 1.29 is 0 Å². The zero-order valence-corrected chi connectivity index (χ0v) is 9.49. The van der Waals surface area contributed by atoms with Crippen LogP contribution in [0.2, 0.25) is 0 Å². The van der Waals surface area contributed by atoms with Gasteiger partial charge in [-0.3, -0.25) is 0 Å². The molecule has 1 aromatic heterocycles. The molecule has 0 aliphatic rings. The van der Waals surface area contributed by atoms with E-state index in [-0.39, 0.29) is 0 Å². The quantitative estimate of drug-likeness (QED) is 0.789. The van der Waals surface area contributed by atoms with Crippen LogP contribution in [0.5, 0.6) is 0 Å². The van der Waals surface area contributed by atoms with Crippen molar-refractivity contribution in [2.75, 3.05) is 6.54 Å². The number of hydrogen-bond donors (Lipinski definition) is 1. The maximum Gasteiger partial charge on any atom is 0.0868 e. The fraction of sp³-hybridized carbons (Fsp3) is 0.800. The van der Waals surface area contributed by atoms with E-state index in [1.165, 1.54) is 0 Å². The van der Waals surface area contributed by atoms with Crippen molar-refractivity contribution in [3.8, 4) is 0 Å². The average molecular weight is 196 g/mol. The summed E-state index contributed by atoms with van der Waals surface area (Å²) in [5, 5.41) is 8.31. The Morgan fingerprint density at radius 3 is 2.50 bits per heavy atom. The van der Waals surface area contributed by atoms with E-state index in [4.69, 9.17) is 5.73 Å². The standard InChI is InChI=1S/C10H20N4/c1-7(2)8(3)14-9(4)10(5-6-11)12-13-14/h7-8H,5-6,11H2,1-4H3. The lowest BCUT2D eigenvalue weighted by atomic mass is 10.1. The van der Waals surface area contributed by atoms with Crippen molar-refractivity contribution in [2.24, 2.45) is 11.7 Å². The van der Waals surface area contributed by atoms with Gasteiger partial charge in [-0.15, -0.1) is 5.10 Å². The normalized spacial score (nSPS) is 13.6. The Bertz CT molecular complexity index is 290. The van der Waals surface area contributed by atoms with Gasteiger partial charge < -0.3 is 5.73 Å². The summed E-state index contributed by atoms with van der Waals surface area (Å²) in [4.78, 5) is 0. The Balaban J connectivity index is 2.88. The van der Waals surface area contributed by atoms with E-state index in [1.807, 2.05) is 4.68 Å². The number of nitrogens with zero attached hydrogens (tertiary/aromatic N) is 3. The molecule has 0 fully saturated rings. The summed E-state index contributed by atoms with van der Waals surface area (Å²) in [6, 6.07) is 0.397. The molecule has 0 aliphatic heterocycles. The molecule has 4 nitrogen and oxygen atoms in total. The lowest BCUT2D eigenvalue weighted by Gasteiger charge is -2.16. The Morgan fingerprint density at radius 1 is 1.36 bits per heavy atom. The molecule has 80 valence electrons. The summed E-state index contributed by atoms with van der Waals surface area (Å²) in [5.74, 6) is 0.570. The Hall–Kier alpha value is -0.900. The third-order valence-electron chi connectivity index (χ3n) is 2.75. The summed E-state index contributed by atoms with van der Waals surface area (Å²) >= 11 is 0. The van der Waals surface area contributed by atoms with Gasteiger partial charge in [0.15, 0.2) is 0 Å². The molecule has 0 spiro atoms. The van der Waals surface area contributed by atoms with Gasteiger partial charge in [0.2, 0.25) is 0 Å². The molecule has 0 saturated heterocycles. The first-order valence-corrected chi connectivity index (χ1v) is 5.18. The van der Waals surface area contributed by atoms with Gasteiger partial charge in [-0.25, -0.2) is 4.68 Å². The van der Waals surface area contributed by atoms with Crippen LogP contribution in [0.1, 0.15) is 38.2 Å². The molecule has 0 aromatic carbocycles. The summed E-state index contributed by atoms with van der Waals surface area (Å²) in [6.07, 6.45) is 0.816. The van der Waals surface area contributed by atoms with Crippen molar-refractivity contribution in [1.29, 1.82) is 0 Å². The maximum atomic E-state index is 5.50. The van der Waals surface area contributed by atoms with Crippen LogP contribution in [-0.2, 0) is 6.42 Å². The molecule has 0 bridgehead atoms. The molecule has 2 N–H and O–H groups in total. The second-order valence-corrected chi connectivity index (χ2v) is 4.09. The number of aromatic nitrogens is 3. The molecule has 1 heterocycles. The lowest BCUT2D eigenvalue weighted by Crippen LogP contribution is -2.15. The zero-order chi connectivity index (χ0) is 10.7. The van der Waals surface area contributed by atoms with Crippen LogP contribution >= 0.6 is 0 Å². The van der Waals surface area contributed by atoms with Crippen molar-refractivity contribution in [3.05, 3.63) is 11.4 Å². The summed E-state index contributed by atoms with van der Waals surface area (Å²) in [5.41, 5.74) is 7.68. The van der Waals surface area contributed by atoms with E-state index >= 15 is 0 Å². The van der Waals surface area contributed by atoms with E-state index in [0.717, 1.165) is 17.8 Å². The minimum Gasteiger partial charge on any atom is -0.330 e. The SMILES string of the molecule is Cc1c(CCN)nnn1C(C)C(C)C. The van der Waals surface area contributed by atoms with Crippen molar-refractivity contribution in [2.45, 2.75) is 40.2 Å². The topological polar surface area (TPSA) is 56.7 Å². The number of nitrogens with two attached hydrogens (primary N) is 1. The van der Waals surface area contributed by atoms with Crippen LogP contribution in [0.15, 0.2) is 0 Å². The van der Waals surface area contributed by atoms with Gasteiger partial charge in [0, 0.05) is 6.42 Å². The first-order chi connectivity index (χ1) is 6.57. The maximum absolute atomic E-state index is 5.50. The fourth-order valence-corrected chi connectivity index (χ4v) is 1.41. The van der Waals surface area contributed by atoms with Gasteiger partial charge in [-0.05, 0) is 26.3 Å². The van der Waals surface area contributed by atoms with E-state index < -0.39 is 0 Å². The minimum atomic E-state index is 0.397. The van der Waals surface area contributed by atoms with E-state index in [1.54, 1.807) is 0 Å². The first-order valence-electron chi connectivity index (χ1n) is 5.18. The van der Waals surface area contributed by atoms with Crippen LogP contribution in [0.25, 0.3) is 0 Å². The van der Waals surface area contributed by atoms with Gasteiger partial charge in [0.05, 0.1) is 17.4 Å². The second-order valence-electron chi connectivity index (χ2n) is 4.09. The molecule has 1 aromatic rings. The van der Waals surface area contributed by atoms with E-state index in [2.05, 4.69) is 38.0 Å². The monoisotopic (exact) mass is 196 g/mol. The molecule has 1 rings (SSSR count). The van der Waals surface area contributed by atoms with Crippen molar-refractivity contribution in [1.82, 2.24) is 15.0 Å². The molecule has 0 amide bonds. The Kier molecular flexibility index (Phi) is 3.63. The Labute approximate surface area is 85.5 Å². The van der Waals surface area contributed by atoms with Crippen molar-refractivity contribution in [3.63, 3.8) is 0 Å². The van der Waals surface area contributed by atoms with Crippen LogP contribution in [0, 0.1) is 12.8 Å². The highest BCUT2D eigenvalue weighted by atomic mass is 15.4. The highest BCUT2D eigenvalue weighted by Crippen LogP contribution is 2.18. The predicted octanol–water partition coefficient (Wildman–Crippen LogP) is 1.30. The van der Waals surface area contributed by atoms with Crippen molar-refractivity contribution >= 4 is 0 Å². The molecule has 0 aliphatic carbocycles. The van der Waals surface area contributed by atoms with E-state index in [9.17, 15) is 0 Å². The summed E-state index contributed by atoms with van der Waals surface area (Å²) < 4.78 is 2.00. The molecule has 1 atom stereocenters. The lowest BCUT2D eigenvalue weighted by molar-refractivity contribution is 0.362. The van der Waals surface area contributed by atoms with Crippen LogP contribution in [-0.4, -0.2) is 21.5 Å². The van der Waals surface area contributed by atoms with Gasteiger partial charge in [-0.1, -0.05) is 19.1 Å². The molecule has 4 heteroatoms. The largest absolute Gasteiger partial charge is 0.330 e. The summed E-state index contributed by atoms with van der Waals surface area (Å²) in [7, 11) is 0. The molecule has 0 saturated carbocycles. The Morgan fingerprint density at radius 2 is 2.00 bits per heavy atom. The fourth-order valence-electron chi connectivity index (χ4n) is 1.41. The smallest absolute Gasteiger partial charge is 0.0868 e. The molecule has 0 radical (unpaired) electrons. The highest BCUT2D eigenvalue weighted by Gasteiger charge is 2.15. The van der Waals surface area contributed by atoms with Gasteiger partial charge >= 0.3 is 0 Å². The highest BCUT2D eigenvalue weighted by molar-refractivity contribution is 5.09. The zero-order valence-electron chi connectivity index (χ0n) is 9.49. The van der Waals surface area contributed by atoms with Gasteiger partial charge in [0.25, 0.3) is 0 Å².